The molecule has 6 nitrogen and oxygen atoms in total. The predicted octanol–water partition coefficient (Wildman–Crippen LogP) is 6.95. The molecule has 0 bridgehead atoms. The molecule has 5 rings (SSSR count). The largest absolute Gasteiger partial charge is 0.482 e. The van der Waals surface area contributed by atoms with Gasteiger partial charge >= 0.3 is 12.1 Å². The maximum Gasteiger partial charge on any atom is 0.418 e. The third kappa shape index (κ3) is 6.32. The maximum atomic E-state index is 13.8. The van der Waals surface area contributed by atoms with Crippen LogP contribution in [0.15, 0.2) is 97.1 Å². The lowest BCUT2D eigenvalue weighted by molar-refractivity contribution is -0.139. The van der Waals surface area contributed by atoms with Crippen molar-refractivity contribution < 1.29 is 32.5 Å². The van der Waals surface area contributed by atoms with Gasteiger partial charge in [0.05, 0.1) is 31.0 Å². The number of ether oxygens (including phenoxy) is 2. The smallest absolute Gasteiger partial charge is 0.418 e. The van der Waals surface area contributed by atoms with Gasteiger partial charge in [-0.25, -0.2) is 4.79 Å². The summed E-state index contributed by atoms with van der Waals surface area (Å²) in [4.78, 5) is 10.6. The van der Waals surface area contributed by atoms with Gasteiger partial charge in [0.2, 0.25) is 0 Å². The van der Waals surface area contributed by atoms with E-state index in [1.807, 2.05) is 54.6 Å². The Morgan fingerprint density at radius 1 is 0.825 bits per heavy atom. The first kappa shape index (κ1) is 27.0. The Labute approximate surface area is 228 Å². The number of carboxylic acids is 1. The van der Waals surface area contributed by atoms with Crippen molar-refractivity contribution in [2.24, 2.45) is 0 Å². The van der Waals surface area contributed by atoms with Crippen LogP contribution in [0.5, 0.6) is 5.75 Å². The number of benzene rings is 4. The number of hydrogen-bond donors (Lipinski definition) is 1. The van der Waals surface area contributed by atoms with Crippen LogP contribution >= 0.6 is 0 Å². The van der Waals surface area contributed by atoms with E-state index in [4.69, 9.17) is 14.6 Å². The average molecular weight is 547 g/mol. The predicted molar refractivity (Wildman–Crippen MR) is 144 cm³/mol. The molecule has 0 amide bonds. The number of aliphatic carboxylic acids is 1. The van der Waals surface area contributed by atoms with Crippen molar-refractivity contribution in [3.63, 3.8) is 0 Å². The summed E-state index contributed by atoms with van der Waals surface area (Å²) in [6.45, 7) is 0.495. The molecule has 1 heterocycles. The second-order valence-electron chi connectivity index (χ2n) is 9.21. The molecule has 9 heteroatoms. The first-order chi connectivity index (χ1) is 19.3. The number of nitrogens with zero attached hydrogens (tertiary/aromatic N) is 2. The molecule has 0 fully saturated rings. The molecule has 1 aromatic heterocycles. The molecule has 0 atom stereocenters. The monoisotopic (exact) mass is 546 g/mol. The number of fused-ring (bicyclic) bond motifs is 1. The molecular formula is C31H25F3N2O4. The van der Waals surface area contributed by atoms with Crippen molar-refractivity contribution in [2.75, 3.05) is 6.61 Å². The minimum atomic E-state index is -4.53. The van der Waals surface area contributed by atoms with Crippen LogP contribution in [0.2, 0.25) is 0 Å². The van der Waals surface area contributed by atoms with E-state index < -0.39 is 24.3 Å². The molecule has 4 aromatic carbocycles. The van der Waals surface area contributed by atoms with Gasteiger partial charge in [-0.15, -0.1) is 0 Å². The molecule has 0 spiro atoms. The lowest BCUT2D eigenvalue weighted by Gasteiger charge is -2.11. The molecule has 0 radical (unpaired) electrons. The maximum absolute atomic E-state index is 13.8. The summed E-state index contributed by atoms with van der Waals surface area (Å²) in [6.07, 6.45) is -4.53. The zero-order valence-electron chi connectivity index (χ0n) is 21.3. The molecule has 0 unspecified atom stereocenters. The van der Waals surface area contributed by atoms with Gasteiger partial charge in [0.25, 0.3) is 0 Å². The van der Waals surface area contributed by atoms with Crippen LogP contribution in [-0.4, -0.2) is 27.5 Å². The van der Waals surface area contributed by atoms with E-state index in [0.717, 1.165) is 28.3 Å². The molecule has 0 aliphatic heterocycles. The average Bonchev–Trinajstić information content (AvgIpc) is 3.30. The van der Waals surface area contributed by atoms with Crippen LogP contribution in [0.25, 0.3) is 22.2 Å². The Morgan fingerprint density at radius 3 is 2.25 bits per heavy atom. The van der Waals surface area contributed by atoms with Gasteiger partial charge in [0.15, 0.2) is 6.61 Å². The normalized spacial score (nSPS) is 11.6. The summed E-state index contributed by atoms with van der Waals surface area (Å²) < 4.78 is 54.1. The van der Waals surface area contributed by atoms with Crippen molar-refractivity contribution in [1.82, 2.24) is 9.78 Å². The fourth-order valence-corrected chi connectivity index (χ4v) is 4.48. The number of alkyl halides is 3. The lowest BCUT2D eigenvalue weighted by atomic mass is 10.0. The van der Waals surface area contributed by atoms with Crippen LogP contribution in [0.3, 0.4) is 0 Å². The summed E-state index contributed by atoms with van der Waals surface area (Å²) in [6, 6.07) is 28.1. The summed E-state index contributed by atoms with van der Waals surface area (Å²) in [5.74, 6) is -0.599. The van der Waals surface area contributed by atoms with Crippen LogP contribution in [-0.2, 0) is 35.5 Å². The van der Waals surface area contributed by atoms with Crippen LogP contribution < -0.4 is 4.74 Å². The standard InChI is InChI=1S/C31H25F3N2O4/c32-31(33,34)27-11-5-10-26-29(27)35-36(17-21-6-2-1-3-7-21)30(26)24-9-4-8-23(16-24)19-39-18-22-12-14-25(15-13-22)40-20-28(37)38/h1-16H,17-20H2,(H,37,38). The van der Waals surface area contributed by atoms with E-state index in [0.29, 0.717) is 30.0 Å². The van der Waals surface area contributed by atoms with Crippen molar-refractivity contribution in [3.8, 4) is 17.0 Å². The Morgan fingerprint density at radius 2 is 1.52 bits per heavy atom. The third-order valence-electron chi connectivity index (χ3n) is 6.27. The Bertz CT molecular complexity index is 1610. The highest BCUT2D eigenvalue weighted by Gasteiger charge is 2.34. The Kier molecular flexibility index (Phi) is 7.84. The number of aromatic nitrogens is 2. The lowest BCUT2D eigenvalue weighted by Crippen LogP contribution is -2.09. The highest BCUT2D eigenvalue weighted by atomic mass is 19.4. The summed E-state index contributed by atoms with van der Waals surface area (Å²) in [5, 5.41) is 13.6. The van der Waals surface area contributed by atoms with Crippen LogP contribution in [0.1, 0.15) is 22.3 Å². The first-order valence-electron chi connectivity index (χ1n) is 12.5. The van der Waals surface area contributed by atoms with E-state index in [1.165, 1.54) is 6.07 Å². The highest BCUT2D eigenvalue weighted by Crippen LogP contribution is 2.38. The van der Waals surface area contributed by atoms with Crippen molar-refractivity contribution >= 4 is 16.9 Å². The van der Waals surface area contributed by atoms with E-state index in [2.05, 4.69) is 5.10 Å². The summed E-state index contributed by atoms with van der Waals surface area (Å²) >= 11 is 0. The quantitative estimate of drug-likeness (QED) is 0.205. The highest BCUT2D eigenvalue weighted by molar-refractivity contribution is 5.95. The van der Waals surface area contributed by atoms with Gasteiger partial charge in [-0.2, -0.15) is 18.3 Å². The van der Waals surface area contributed by atoms with Gasteiger partial charge in [-0.05, 0) is 41.0 Å². The Hall–Kier alpha value is -4.63. The van der Waals surface area contributed by atoms with Gasteiger partial charge < -0.3 is 14.6 Å². The van der Waals surface area contributed by atoms with Crippen molar-refractivity contribution in [2.45, 2.75) is 25.9 Å². The van der Waals surface area contributed by atoms with Crippen LogP contribution in [0, 0.1) is 0 Å². The number of carboxylic acid groups (broad SMARTS) is 1. The van der Waals surface area contributed by atoms with E-state index in [1.54, 1.807) is 35.0 Å². The zero-order chi connectivity index (χ0) is 28.1. The number of halogens is 3. The minimum Gasteiger partial charge on any atom is -0.482 e. The van der Waals surface area contributed by atoms with Crippen molar-refractivity contribution in [3.05, 3.63) is 119 Å². The molecule has 0 saturated carbocycles. The third-order valence-corrected chi connectivity index (χ3v) is 6.27. The SMILES string of the molecule is O=C(O)COc1ccc(COCc2cccc(-c3c4cccc(C(F)(F)F)c4nn3Cc3ccccc3)c2)cc1. The number of hydrogen-bond acceptors (Lipinski definition) is 4. The Balaban J connectivity index is 1.39. The molecule has 5 aromatic rings. The fourth-order valence-electron chi connectivity index (χ4n) is 4.48. The first-order valence-corrected chi connectivity index (χ1v) is 12.5. The summed E-state index contributed by atoms with van der Waals surface area (Å²) in [5.41, 5.74) is 3.14. The van der Waals surface area contributed by atoms with Gasteiger partial charge in [0, 0.05) is 10.9 Å². The summed E-state index contributed by atoms with van der Waals surface area (Å²) in [7, 11) is 0. The van der Waals surface area contributed by atoms with E-state index in [-0.39, 0.29) is 12.1 Å². The fraction of sp³-hybridized carbons (Fsp3) is 0.161. The number of rotatable bonds is 10. The second kappa shape index (κ2) is 11.6. The van der Waals surface area contributed by atoms with E-state index >= 15 is 0 Å². The zero-order valence-corrected chi connectivity index (χ0v) is 21.3. The van der Waals surface area contributed by atoms with Gasteiger partial charge in [-0.3, -0.25) is 4.68 Å². The van der Waals surface area contributed by atoms with Crippen LogP contribution in [0.4, 0.5) is 13.2 Å². The van der Waals surface area contributed by atoms with Crippen molar-refractivity contribution in [1.29, 1.82) is 0 Å². The molecule has 0 saturated heterocycles. The van der Waals surface area contributed by atoms with E-state index in [9.17, 15) is 18.0 Å². The van der Waals surface area contributed by atoms with Gasteiger partial charge in [-0.1, -0.05) is 72.8 Å². The van der Waals surface area contributed by atoms with Gasteiger partial charge in [0.1, 0.15) is 11.3 Å². The molecular weight excluding hydrogens is 521 g/mol. The molecule has 1 N–H and O–H groups in total. The molecule has 0 aliphatic carbocycles. The number of carbonyl (C=O) groups is 1. The molecule has 204 valence electrons. The minimum absolute atomic E-state index is 0.0848. The topological polar surface area (TPSA) is 73.6 Å². The molecule has 40 heavy (non-hydrogen) atoms. The second-order valence-corrected chi connectivity index (χ2v) is 9.21. The molecule has 0 aliphatic rings.